The van der Waals surface area contributed by atoms with E-state index in [4.69, 9.17) is 4.74 Å². The van der Waals surface area contributed by atoms with Crippen molar-refractivity contribution in [2.75, 3.05) is 20.7 Å². The van der Waals surface area contributed by atoms with Gasteiger partial charge in [0.15, 0.2) is 17.2 Å². The van der Waals surface area contributed by atoms with E-state index in [0.29, 0.717) is 31.5 Å². The van der Waals surface area contributed by atoms with Gasteiger partial charge >= 0.3 is 0 Å². The summed E-state index contributed by atoms with van der Waals surface area (Å²) in [5.74, 6) is -0.557. The second-order valence-electron chi connectivity index (χ2n) is 9.20. The van der Waals surface area contributed by atoms with Gasteiger partial charge in [-0.3, -0.25) is 19.3 Å². The predicted octanol–water partition coefficient (Wildman–Crippen LogP) is 2.95. The third-order valence-electron chi connectivity index (χ3n) is 6.91. The highest BCUT2D eigenvalue weighted by molar-refractivity contribution is 6.00. The Morgan fingerprint density at radius 3 is 2.55 bits per heavy atom. The Morgan fingerprint density at radius 1 is 1.21 bits per heavy atom. The summed E-state index contributed by atoms with van der Waals surface area (Å²) < 4.78 is 20.2. The van der Waals surface area contributed by atoms with Gasteiger partial charge in [-0.15, -0.1) is 0 Å². The number of methoxy groups -OCH3 is 1. The highest BCUT2D eigenvalue weighted by Crippen LogP contribution is 2.31. The van der Waals surface area contributed by atoms with Crippen LogP contribution in [0.25, 0.3) is 0 Å². The van der Waals surface area contributed by atoms with Crippen molar-refractivity contribution in [1.82, 2.24) is 14.4 Å². The average Bonchev–Trinajstić information content (AvgIpc) is 2.79. The Bertz CT molecular complexity index is 1130. The Hall–Kier alpha value is -3.00. The smallest absolute Gasteiger partial charge is 0.275 e. The number of carbonyl (C=O) groups is 2. The number of hydrogen-bond donors (Lipinski definition) is 0. The number of rotatable bonds is 6. The lowest BCUT2D eigenvalue weighted by Crippen LogP contribution is -2.63. The summed E-state index contributed by atoms with van der Waals surface area (Å²) in [6, 6.07) is 6.29. The van der Waals surface area contributed by atoms with Crippen LogP contribution in [0.1, 0.15) is 53.1 Å². The molecule has 1 aromatic heterocycles. The molecule has 1 aromatic carbocycles. The van der Waals surface area contributed by atoms with Crippen LogP contribution in [-0.4, -0.2) is 59.0 Å². The van der Waals surface area contributed by atoms with Gasteiger partial charge in [0.25, 0.3) is 5.91 Å². The van der Waals surface area contributed by atoms with Crippen LogP contribution in [0.15, 0.2) is 35.3 Å². The molecule has 1 fully saturated rings. The fraction of sp³-hybridized carbons (Fsp3) is 0.480. The molecule has 2 aliphatic rings. The Balaban J connectivity index is 1.66. The number of Topliss-reactive ketones (excluding diaryl/α,β-unsaturated/α-hetero) is 1. The van der Waals surface area contributed by atoms with Gasteiger partial charge in [0.1, 0.15) is 12.0 Å². The zero-order valence-corrected chi connectivity index (χ0v) is 19.5. The summed E-state index contributed by atoms with van der Waals surface area (Å²) in [5, 5.41) is 0. The topological polar surface area (TPSA) is 71.8 Å². The molecule has 1 amide bonds. The van der Waals surface area contributed by atoms with Crippen LogP contribution in [-0.2, 0) is 13.0 Å². The molecule has 0 N–H and O–H groups in total. The van der Waals surface area contributed by atoms with Gasteiger partial charge in [-0.1, -0.05) is 26.0 Å². The molecule has 8 heteroatoms. The van der Waals surface area contributed by atoms with Crippen molar-refractivity contribution in [1.29, 1.82) is 0 Å². The molecule has 0 aliphatic carbocycles. The Morgan fingerprint density at radius 2 is 1.91 bits per heavy atom. The highest BCUT2D eigenvalue weighted by atomic mass is 19.1. The van der Waals surface area contributed by atoms with Crippen LogP contribution in [0.5, 0.6) is 5.75 Å². The normalized spacial score (nSPS) is 20.5. The molecule has 0 bridgehead atoms. The molecule has 7 nitrogen and oxygen atoms in total. The maximum absolute atomic E-state index is 13.4. The van der Waals surface area contributed by atoms with Gasteiger partial charge in [-0.2, -0.15) is 0 Å². The van der Waals surface area contributed by atoms with E-state index in [1.165, 1.54) is 25.4 Å². The molecule has 3 heterocycles. The second kappa shape index (κ2) is 9.09. The second-order valence-corrected chi connectivity index (χ2v) is 9.20. The summed E-state index contributed by atoms with van der Waals surface area (Å²) in [6.45, 7) is 5.42. The molecule has 0 saturated carbocycles. The van der Waals surface area contributed by atoms with Crippen molar-refractivity contribution < 1.29 is 18.7 Å². The van der Waals surface area contributed by atoms with E-state index in [1.807, 2.05) is 7.05 Å². The third-order valence-corrected chi connectivity index (χ3v) is 6.91. The maximum Gasteiger partial charge on any atom is 0.275 e. The molecule has 2 aromatic rings. The molecule has 1 unspecified atom stereocenters. The van der Waals surface area contributed by atoms with Crippen molar-refractivity contribution in [3.8, 4) is 5.75 Å². The molecule has 0 radical (unpaired) electrons. The summed E-state index contributed by atoms with van der Waals surface area (Å²) in [5.41, 5.74) is 0.456. The average molecular weight is 456 g/mol. The number of hydrogen-bond acceptors (Lipinski definition) is 5. The number of benzene rings is 1. The number of amides is 1. The first-order valence-electron chi connectivity index (χ1n) is 11.3. The first kappa shape index (κ1) is 23.2. The minimum Gasteiger partial charge on any atom is -0.491 e. The highest BCUT2D eigenvalue weighted by Gasteiger charge is 2.43. The largest absolute Gasteiger partial charge is 0.491 e. The molecule has 176 valence electrons. The fourth-order valence-corrected chi connectivity index (χ4v) is 5.08. The minimum absolute atomic E-state index is 0.0119. The fourth-order valence-electron chi connectivity index (χ4n) is 5.08. The van der Waals surface area contributed by atoms with Gasteiger partial charge < -0.3 is 14.2 Å². The monoisotopic (exact) mass is 455 g/mol. The Kier molecular flexibility index (Phi) is 6.38. The predicted molar refractivity (Wildman–Crippen MR) is 122 cm³/mol. The number of ether oxygens (including phenoxy) is 1. The number of carbonyl (C=O) groups excluding carboxylic acids is 2. The van der Waals surface area contributed by atoms with Gasteiger partial charge in [-0.05, 0) is 43.5 Å². The third kappa shape index (κ3) is 4.19. The van der Waals surface area contributed by atoms with Crippen LogP contribution >= 0.6 is 0 Å². The Labute approximate surface area is 192 Å². The first-order chi connectivity index (χ1) is 15.7. The van der Waals surface area contributed by atoms with E-state index in [0.717, 1.165) is 12.0 Å². The lowest BCUT2D eigenvalue weighted by molar-refractivity contribution is -0.0353. The van der Waals surface area contributed by atoms with Gasteiger partial charge in [0, 0.05) is 25.2 Å². The van der Waals surface area contributed by atoms with Crippen molar-refractivity contribution in [2.45, 2.75) is 51.9 Å². The number of pyridine rings is 1. The van der Waals surface area contributed by atoms with E-state index in [9.17, 15) is 18.8 Å². The van der Waals surface area contributed by atoms with Crippen molar-refractivity contribution in [3.05, 3.63) is 63.3 Å². The zero-order chi connectivity index (χ0) is 23.9. The van der Waals surface area contributed by atoms with Gasteiger partial charge in [-0.25, -0.2) is 4.39 Å². The maximum atomic E-state index is 13.4. The zero-order valence-electron chi connectivity index (χ0n) is 19.5. The van der Waals surface area contributed by atoms with E-state index < -0.39 is 5.43 Å². The van der Waals surface area contributed by atoms with Crippen molar-refractivity contribution in [2.24, 2.45) is 5.92 Å². The summed E-state index contributed by atoms with van der Waals surface area (Å²) in [4.78, 5) is 43.5. The number of fused-ring (bicyclic) bond motifs is 2. The van der Waals surface area contributed by atoms with E-state index in [1.54, 1.807) is 21.6 Å². The minimum atomic E-state index is -0.565. The van der Waals surface area contributed by atoms with Gasteiger partial charge in [0.2, 0.25) is 5.43 Å². The van der Waals surface area contributed by atoms with E-state index in [-0.39, 0.29) is 47.1 Å². The molecule has 2 aliphatic heterocycles. The van der Waals surface area contributed by atoms with Crippen LogP contribution in [0.2, 0.25) is 0 Å². The van der Waals surface area contributed by atoms with Crippen LogP contribution in [0.3, 0.4) is 0 Å². The van der Waals surface area contributed by atoms with Crippen LogP contribution in [0, 0.1) is 11.7 Å². The number of nitrogens with zero attached hydrogens (tertiary/aromatic N) is 3. The SMILES string of the molecule is COc1c2n(cc(C(=O)CCc3ccc(F)cc3)c1=O)CC1N(CC[C@H](C(C)C)N1C)C2=O. The molecule has 4 rings (SSSR count). The number of likely N-dealkylation sites (N-methyl/N-ethyl adjacent to an activating group) is 1. The molecule has 33 heavy (non-hydrogen) atoms. The lowest BCUT2D eigenvalue weighted by Gasteiger charge is -2.50. The molecule has 1 saturated heterocycles. The van der Waals surface area contributed by atoms with E-state index in [2.05, 4.69) is 18.7 Å². The molecular formula is C25H30FN3O4. The summed E-state index contributed by atoms with van der Waals surface area (Å²) in [7, 11) is 3.37. The molecule has 2 atom stereocenters. The summed E-state index contributed by atoms with van der Waals surface area (Å²) >= 11 is 0. The molecular weight excluding hydrogens is 425 g/mol. The number of aryl methyl sites for hydroxylation is 1. The number of ketones is 1. The van der Waals surface area contributed by atoms with Gasteiger partial charge in [0.05, 0.1) is 19.2 Å². The molecule has 0 spiro atoms. The van der Waals surface area contributed by atoms with Crippen molar-refractivity contribution >= 4 is 11.7 Å². The standard InChI is InChI=1S/C25H30FN3O4/c1-15(2)19-11-12-29-21(27(19)3)14-28-13-18(23(31)24(33-4)22(28)25(29)32)20(30)10-7-16-5-8-17(26)9-6-16/h5-6,8-9,13,15,19,21H,7,10-12,14H2,1-4H3/t19-,21?/m1/s1. The quantitative estimate of drug-likeness (QED) is 0.627. The lowest BCUT2D eigenvalue weighted by atomic mass is 9.94. The van der Waals surface area contributed by atoms with Crippen LogP contribution < -0.4 is 10.2 Å². The number of halogens is 1. The first-order valence-corrected chi connectivity index (χ1v) is 11.3. The van der Waals surface area contributed by atoms with Crippen molar-refractivity contribution in [3.63, 3.8) is 0 Å². The van der Waals surface area contributed by atoms with E-state index >= 15 is 0 Å². The number of aromatic nitrogens is 1. The van der Waals surface area contributed by atoms with Crippen LogP contribution in [0.4, 0.5) is 4.39 Å². The summed E-state index contributed by atoms with van der Waals surface area (Å²) in [6.07, 6.45) is 2.71.